The van der Waals surface area contributed by atoms with Crippen molar-refractivity contribution in [2.75, 3.05) is 13.2 Å². The van der Waals surface area contributed by atoms with Crippen LogP contribution in [-0.4, -0.2) is 32.9 Å². The zero-order valence-corrected chi connectivity index (χ0v) is 12.9. The van der Waals surface area contributed by atoms with Crippen molar-refractivity contribution < 1.29 is 5.11 Å². The van der Waals surface area contributed by atoms with E-state index in [4.69, 9.17) is 0 Å². The first-order chi connectivity index (χ1) is 10.2. The largest absolute Gasteiger partial charge is 0.395 e. The zero-order chi connectivity index (χ0) is 15.1. The molecule has 1 aromatic carbocycles. The van der Waals surface area contributed by atoms with E-state index in [9.17, 15) is 5.11 Å². The van der Waals surface area contributed by atoms with E-state index < -0.39 is 0 Å². The average Bonchev–Trinajstić information content (AvgIpc) is 2.96. The lowest BCUT2D eigenvalue weighted by Gasteiger charge is -2.20. The second kappa shape index (κ2) is 7.96. The van der Waals surface area contributed by atoms with Gasteiger partial charge in [0.05, 0.1) is 12.3 Å². The summed E-state index contributed by atoms with van der Waals surface area (Å²) >= 11 is 0. The van der Waals surface area contributed by atoms with E-state index in [-0.39, 0.29) is 6.61 Å². The Balaban J connectivity index is 2.00. The molecule has 0 bridgehead atoms. The number of aliphatic hydroxyl groups excluding tert-OH is 1. The van der Waals surface area contributed by atoms with Crippen LogP contribution >= 0.6 is 0 Å². The van der Waals surface area contributed by atoms with Gasteiger partial charge in [-0.05, 0) is 25.0 Å². The zero-order valence-electron chi connectivity index (χ0n) is 12.9. The topological polar surface area (TPSA) is 41.3 Å². The molecule has 0 amide bonds. The molecule has 0 aliphatic heterocycles. The van der Waals surface area contributed by atoms with Gasteiger partial charge in [0.15, 0.2) is 0 Å². The smallest absolute Gasteiger partial charge is 0.0765 e. The minimum atomic E-state index is 0.166. The molecule has 0 radical (unpaired) electrons. The third kappa shape index (κ3) is 4.69. The maximum Gasteiger partial charge on any atom is 0.0765 e. The fourth-order valence-electron chi connectivity index (χ4n) is 2.32. The number of aromatic nitrogens is 2. The number of aliphatic hydroxyl groups is 1. The molecule has 1 atom stereocenters. The highest BCUT2D eigenvalue weighted by Gasteiger charge is 2.10. The molecule has 0 aliphatic rings. The summed E-state index contributed by atoms with van der Waals surface area (Å²) in [5.41, 5.74) is 2.31. The molecule has 1 N–H and O–H groups in total. The highest BCUT2D eigenvalue weighted by atomic mass is 16.3. The molecule has 2 aromatic rings. The lowest BCUT2D eigenvalue weighted by molar-refractivity contribution is 0.182. The summed E-state index contributed by atoms with van der Waals surface area (Å²) in [6, 6.07) is 12.8. The van der Waals surface area contributed by atoms with Gasteiger partial charge in [-0.2, -0.15) is 5.10 Å². The Morgan fingerprint density at radius 2 is 1.95 bits per heavy atom. The number of rotatable bonds is 8. The van der Waals surface area contributed by atoms with Gasteiger partial charge in [0.1, 0.15) is 0 Å². The van der Waals surface area contributed by atoms with E-state index in [0.29, 0.717) is 12.6 Å². The molecule has 1 heterocycles. The van der Waals surface area contributed by atoms with Gasteiger partial charge in [-0.25, -0.2) is 0 Å². The molecule has 1 unspecified atom stereocenters. The Kier molecular flexibility index (Phi) is 5.96. The van der Waals surface area contributed by atoms with Crippen molar-refractivity contribution in [1.82, 2.24) is 14.7 Å². The molecule has 0 fully saturated rings. The number of nitrogens with zero attached hydrogens (tertiary/aromatic N) is 3. The van der Waals surface area contributed by atoms with Crippen LogP contribution in [-0.2, 0) is 13.1 Å². The molecule has 4 heteroatoms. The van der Waals surface area contributed by atoms with Gasteiger partial charge in [0, 0.05) is 31.9 Å². The lowest BCUT2D eigenvalue weighted by atomic mass is 10.2. The van der Waals surface area contributed by atoms with E-state index >= 15 is 0 Å². The number of hydrogen-bond donors (Lipinski definition) is 1. The van der Waals surface area contributed by atoms with Crippen LogP contribution in [0.3, 0.4) is 0 Å². The molecule has 0 saturated heterocycles. The lowest BCUT2D eigenvalue weighted by Crippen LogP contribution is -2.26. The van der Waals surface area contributed by atoms with Crippen molar-refractivity contribution >= 4 is 0 Å². The summed E-state index contributed by atoms with van der Waals surface area (Å²) in [6.07, 6.45) is 3.12. The van der Waals surface area contributed by atoms with Gasteiger partial charge < -0.3 is 5.11 Å². The number of hydrogen-bond acceptors (Lipinski definition) is 3. The first-order valence-corrected chi connectivity index (χ1v) is 7.64. The van der Waals surface area contributed by atoms with Crippen molar-refractivity contribution in [3.8, 4) is 0 Å². The normalized spacial score (nSPS) is 12.8. The standard InChI is InChI=1S/C17H25N3O/c1-3-15(2)20-10-9-17(18-20)14-19(11-12-21)13-16-7-5-4-6-8-16/h4-10,15,21H,3,11-14H2,1-2H3. The molecular formula is C17H25N3O. The van der Waals surface area contributed by atoms with Crippen LogP contribution in [0.15, 0.2) is 42.6 Å². The Hall–Kier alpha value is -1.65. The third-order valence-electron chi connectivity index (χ3n) is 3.76. The molecule has 0 aliphatic carbocycles. The Labute approximate surface area is 127 Å². The van der Waals surface area contributed by atoms with Crippen molar-refractivity contribution in [3.05, 3.63) is 53.9 Å². The molecular weight excluding hydrogens is 262 g/mol. The Bertz CT molecular complexity index is 524. The van der Waals surface area contributed by atoms with Gasteiger partial charge in [0.2, 0.25) is 0 Å². The van der Waals surface area contributed by atoms with E-state index in [1.165, 1.54) is 5.56 Å². The minimum Gasteiger partial charge on any atom is -0.395 e. The van der Waals surface area contributed by atoms with Crippen molar-refractivity contribution in [2.45, 2.75) is 39.4 Å². The van der Waals surface area contributed by atoms with Gasteiger partial charge >= 0.3 is 0 Å². The molecule has 2 rings (SSSR count). The van der Waals surface area contributed by atoms with Crippen LogP contribution < -0.4 is 0 Å². The van der Waals surface area contributed by atoms with E-state index in [2.05, 4.69) is 42.0 Å². The maximum absolute atomic E-state index is 9.26. The van der Waals surface area contributed by atoms with Gasteiger partial charge in [0.25, 0.3) is 0 Å². The molecule has 4 nitrogen and oxygen atoms in total. The first-order valence-electron chi connectivity index (χ1n) is 7.64. The molecule has 1 aromatic heterocycles. The molecule has 21 heavy (non-hydrogen) atoms. The summed E-state index contributed by atoms with van der Waals surface area (Å²) in [6.45, 7) is 6.76. The highest BCUT2D eigenvalue weighted by Crippen LogP contribution is 2.12. The van der Waals surface area contributed by atoms with E-state index in [1.54, 1.807) is 0 Å². The average molecular weight is 287 g/mol. The second-order valence-corrected chi connectivity index (χ2v) is 5.46. The van der Waals surface area contributed by atoms with E-state index in [1.807, 2.05) is 29.1 Å². The quantitative estimate of drug-likeness (QED) is 0.811. The highest BCUT2D eigenvalue weighted by molar-refractivity contribution is 5.14. The number of benzene rings is 1. The van der Waals surface area contributed by atoms with E-state index in [0.717, 1.165) is 25.2 Å². The second-order valence-electron chi connectivity index (χ2n) is 5.46. The van der Waals surface area contributed by atoms with Crippen LogP contribution in [0.4, 0.5) is 0 Å². The van der Waals surface area contributed by atoms with Crippen LogP contribution in [0, 0.1) is 0 Å². The fourth-order valence-corrected chi connectivity index (χ4v) is 2.32. The Morgan fingerprint density at radius 1 is 1.19 bits per heavy atom. The van der Waals surface area contributed by atoms with Gasteiger partial charge in [-0.3, -0.25) is 9.58 Å². The fraction of sp³-hybridized carbons (Fsp3) is 0.471. The molecule has 114 valence electrons. The maximum atomic E-state index is 9.26. The minimum absolute atomic E-state index is 0.166. The van der Waals surface area contributed by atoms with Crippen molar-refractivity contribution in [2.24, 2.45) is 0 Å². The predicted octanol–water partition coefficient (Wildman–Crippen LogP) is 2.85. The van der Waals surface area contributed by atoms with Crippen LogP contribution in [0.5, 0.6) is 0 Å². The summed E-state index contributed by atoms with van der Waals surface area (Å²) < 4.78 is 2.02. The van der Waals surface area contributed by atoms with Crippen LogP contribution in [0.1, 0.15) is 37.6 Å². The summed E-state index contributed by atoms with van der Waals surface area (Å²) in [4.78, 5) is 2.22. The van der Waals surface area contributed by atoms with Crippen molar-refractivity contribution in [1.29, 1.82) is 0 Å². The van der Waals surface area contributed by atoms with Gasteiger partial charge in [-0.1, -0.05) is 37.3 Å². The van der Waals surface area contributed by atoms with Crippen LogP contribution in [0.2, 0.25) is 0 Å². The third-order valence-corrected chi connectivity index (χ3v) is 3.76. The van der Waals surface area contributed by atoms with Gasteiger partial charge in [-0.15, -0.1) is 0 Å². The SMILES string of the molecule is CCC(C)n1ccc(CN(CCO)Cc2ccccc2)n1. The Morgan fingerprint density at radius 3 is 2.62 bits per heavy atom. The molecule has 0 spiro atoms. The monoisotopic (exact) mass is 287 g/mol. The first kappa shape index (κ1) is 15.7. The van der Waals surface area contributed by atoms with Crippen molar-refractivity contribution in [3.63, 3.8) is 0 Å². The summed E-state index contributed by atoms with van der Waals surface area (Å²) in [5, 5.41) is 13.9. The predicted molar refractivity (Wildman–Crippen MR) is 84.9 cm³/mol. The molecule has 0 saturated carbocycles. The van der Waals surface area contributed by atoms with Crippen LogP contribution in [0.25, 0.3) is 0 Å². The summed E-state index contributed by atoms with van der Waals surface area (Å²) in [5.74, 6) is 0. The summed E-state index contributed by atoms with van der Waals surface area (Å²) in [7, 11) is 0.